The third-order valence-corrected chi connectivity index (χ3v) is 7.03. The summed E-state index contributed by atoms with van der Waals surface area (Å²) in [6.07, 6.45) is 3.59. The fourth-order valence-corrected chi connectivity index (χ4v) is 5.57. The number of rotatable bonds is 5. The van der Waals surface area contributed by atoms with Crippen LogP contribution in [-0.2, 0) is 9.59 Å². The Labute approximate surface area is 193 Å². The highest BCUT2D eigenvalue weighted by molar-refractivity contribution is 6.14. The van der Waals surface area contributed by atoms with Crippen molar-refractivity contribution in [2.75, 3.05) is 18.6 Å². The summed E-state index contributed by atoms with van der Waals surface area (Å²) in [6, 6.07) is 11.9. The van der Waals surface area contributed by atoms with Crippen LogP contribution in [0.1, 0.15) is 28.4 Å². The maximum atomic E-state index is 14.0. The minimum Gasteiger partial charge on any atom is -0.497 e. The lowest BCUT2D eigenvalue weighted by Crippen LogP contribution is -2.49. The number of carbonyl (C=O) groups excluding carboxylic acids is 3. The smallest absolute Gasteiger partial charge is 0.236 e. The Bertz CT molecular complexity index is 1230. The van der Waals surface area contributed by atoms with Crippen LogP contribution in [0.4, 0.5) is 5.69 Å². The van der Waals surface area contributed by atoms with Crippen LogP contribution >= 0.6 is 0 Å². The number of methoxy groups -OCH3 is 1. The third kappa shape index (κ3) is 3.04. The first-order chi connectivity index (χ1) is 15.9. The second-order valence-electron chi connectivity index (χ2n) is 8.94. The molecule has 4 unspecified atom stereocenters. The fourth-order valence-electron chi connectivity index (χ4n) is 5.57. The number of amides is 2. The van der Waals surface area contributed by atoms with Crippen molar-refractivity contribution < 1.29 is 19.1 Å². The van der Waals surface area contributed by atoms with E-state index in [-0.39, 0.29) is 30.2 Å². The summed E-state index contributed by atoms with van der Waals surface area (Å²) in [5.74, 6) is -1.52. The third-order valence-electron chi connectivity index (χ3n) is 7.03. The maximum absolute atomic E-state index is 14.0. The Morgan fingerprint density at radius 3 is 2.58 bits per heavy atom. The Balaban J connectivity index is 1.69. The van der Waals surface area contributed by atoms with E-state index < -0.39 is 17.9 Å². The summed E-state index contributed by atoms with van der Waals surface area (Å²) in [5.41, 5.74) is 4.53. The van der Waals surface area contributed by atoms with Gasteiger partial charge in [0.05, 0.1) is 25.0 Å². The van der Waals surface area contributed by atoms with Gasteiger partial charge in [-0.2, -0.15) is 0 Å². The molecule has 0 aliphatic carbocycles. The first-order valence-corrected chi connectivity index (χ1v) is 11.1. The summed E-state index contributed by atoms with van der Waals surface area (Å²) in [6.45, 7) is 7.88. The molecule has 0 spiro atoms. The van der Waals surface area contributed by atoms with Crippen LogP contribution in [0.5, 0.6) is 5.75 Å². The molecular formula is C27H26N2O4. The Hall–Kier alpha value is -3.67. The second kappa shape index (κ2) is 7.73. The van der Waals surface area contributed by atoms with Gasteiger partial charge < -0.3 is 9.64 Å². The molecule has 2 saturated heterocycles. The summed E-state index contributed by atoms with van der Waals surface area (Å²) < 4.78 is 5.32. The molecule has 2 aromatic carbocycles. The van der Waals surface area contributed by atoms with Crippen molar-refractivity contribution in [3.8, 4) is 5.75 Å². The molecule has 6 nitrogen and oxygen atoms in total. The molecule has 33 heavy (non-hydrogen) atoms. The number of nitrogens with zero attached hydrogens (tertiary/aromatic N) is 2. The number of hydrogen-bond acceptors (Lipinski definition) is 5. The van der Waals surface area contributed by atoms with Gasteiger partial charge in [0.25, 0.3) is 0 Å². The van der Waals surface area contributed by atoms with E-state index in [0.29, 0.717) is 11.3 Å². The minimum atomic E-state index is -0.788. The number of imide groups is 1. The van der Waals surface area contributed by atoms with Crippen molar-refractivity contribution in [2.45, 2.75) is 25.9 Å². The molecule has 0 radical (unpaired) electrons. The Morgan fingerprint density at radius 2 is 1.85 bits per heavy atom. The first kappa shape index (κ1) is 21.2. The predicted octanol–water partition coefficient (Wildman–Crippen LogP) is 3.65. The molecule has 3 aliphatic rings. The van der Waals surface area contributed by atoms with Gasteiger partial charge >= 0.3 is 0 Å². The maximum Gasteiger partial charge on any atom is 0.236 e. The van der Waals surface area contributed by atoms with Crippen LogP contribution in [0.3, 0.4) is 0 Å². The lowest BCUT2D eigenvalue weighted by atomic mass is 9.85. The van der Waals surface area contributed by atoms with Crippen molar-refractivity contribution >= 4 is 28.9 Å². The van der Waals surface area contributed by atoms with Crippen LogP contribution < -0.4 is 9.64 Å². The molecule has 2 fully saturated rings. The summed E-state index contributed by atoms with van der Waals surface area (Å²) in [7, 11) is 1.55. The number of ketones is 1. The summed E-state index contributed by atoms with van der Waals surface area (Å²) in [4.78, 5) is 44.1. The molecule has 4 atom stereocenters. The summed E-state index contributed by atoms with van der Waals surface area (Å²) >= 11 is 0. The van der Waals surface area contributed by atoms with E-state index in [2.05, 4.69) is 12.6 Å². The van der Waals surface area contributed by atoms with E-state index in [1.807, 2.05) is 37.0 Å². The van der Waals surface area contributed by atoms with Gasteiger partial charge in [0.15, 0.2) is 5.78 Å². The van der Waals surface area contributed by atoms with Crippen molar-refractivity contribution in [2.24, 2.45) is 11.8 Å². The molecule has 2 amide bonds. The SMILES string of the molecule is C=CCN1C(=O)C2C(C1=O)C(C(=O)c1cccc(OC)c1)N1c3ccc(C)cc3C(C)=CC21. The van der Waals surface area contributed by atoms with E-state index in [1.165, 1.54) is 4.90 Å². The van der Waals surface area contributed by atoms with Gasteiger partial charge in [-0.25, -0.2) is 0 Å². The zero-order valence-electron chi connectivity index (χ0n) is 18.9. The molecule has 2 aromatic rings. The molecule has 3 heterocycles. The zero-order valence-corrected chi connectivity index (χ0v) is 18.9. The lowest BCUT2D eigenvalue weighted by molar-refractivity contribution is -0.139. The lowest BCUT2D eigenvalue weighted by Gasteiger charge is -2.38. The first-order valence-electron chi connectivity index (χ1n) is 11.1. The number of ether oxygens (including phenoxy) is 1. The number of fused-ring (bicyclic) bond motifs is 5. The highest BCUT2D eigenvalue weighted by atomic mass is 16.5. The highest BCUT2D eigenvalue weighted by Crippen LogP contribution is 2.50. The van der Waals surface area contributed by atoms with Gasteiger partial charge in [0.1, 0.15) is 11.8 Å². The average molecular weight is 443 g/mol. The highest BCUT2D eigenvalue weighted by Gasteiger charge is 2.64. The van der Waals surface area contributed by atoms with Crippen molar-refractivity contribution in [3.05, 3.63) is 77.9 Å². The molecule has 168 valence electrons. The standard InChI is InChI=1S/C27H26N2O4/c1-5-11-28-26(31)22-21-13-16(3)19-12-15(2)9-10-20(19)29(21)24(23(22)27(28)32)25(30)17-7-6-8-18(14-17)33-4/h5-10,12-14,21-24H,1,11H2,2-4H3. The van der Waals surface area contributed by atoms with E-state index in [0.717, 1.165) is 22.4 Å². The molecule has 5 rings (SSSR count). The number of Topliss-reactive ketones (excluding diaryl/α,β-unsaturated/α-hetero) is 1. The number of carbonyl (C=O) groups is 3. The van der Waals surface area contributed by atoms with Crippen LogP contribution in [0, 0.1) is 18.8 Å². The normalized spacial score (nSPS) is 25.4. The van der Waals surface area contributed by atoms with Gasteiger partial charge in [0, 0.05) is 23.4 Å². The number of likely N-dealkylation sites (tertiary alicyclic amines) is 1. The Morgan fingerprint density at radius 1 is 1.09 bits per heavy atom. The van der Waals surface area contributed by atoms with Crippen molar-refractivity contribution in [3.63, 3.8) is 0 Å². The van der Waals surface area contributed by atoms with Crippen LogP contribution in [0.15, 0.2) is 61.2 Å². The van der Waals surface area contributed by atoms with Gasteiger partial charge in [-0.05, 0) is 43.7 Å². The topological polar surface area (TPSA) is 66.9 Å². The van der Waals surface area contributed by atoms with Crippen molar-refractivity contribution in [1.29, 1.82) is 0 Å². The van der Waals surface area contributed by atoms with Gasteiger partial charge in [-0.1, -0.05) is 35.9 Å². The molecule has 0 N–H and O–H groups in total. The quantitative estimate of drug-likeness (QED) is 0.402. The van der Waals surface area contributed by atoms with Crippen LogP contribution in [-0.4, -0.2) is 48.2 Å². The second-order valence-corrected chi connectivity index (χ2v) is 8.94. The fraction of sp³-hybridized carbons (Fsp3) is 0.296. The van der Waals surface area contributed by atoms with Gasteiger partial charge in [-0.15, -0.1) is 6.58 Å². The zero-order chi connectivity index (χ0) is 23.4. The van der Waals surface area contributed by atoms with Crippen molar-refractivity contribution in [1.82, 2.24) is 4.90 Å². The monoisotopic (exact) mass is 442 g/mol. The average Bonchev–Trinajstić information content (AvgIpc) is 3.27. The van der Waals surface area contributed by atoms with Gasteiger partial charge in [0.2, 0.25) is 11.8 Å². The number of benzene rings is 2. The van der Waals surface area contributed by atoms with E-state index in [1.54, 1.807) is 37.5 Å². The minimum absolute atomic E-state index is 0.149. The van der Waals surface area contributed by atoms with Gasteiger partial charge in [-0.3, -0.25) is 19.3 Å². The Kier molecular flexibility index (Phi) is 4.96. The van der Waals surface area contributed by atoms with Crippen LogP contribution in [0.25, 0.3) is 5.57 Å². The molecular weight excluding hydrogens is 416 g/mol. The largest absolute Gasteiger partial charge is 0.497 e. The summed E-state index contributed by atoms with van der Waals surface area (Å²) in [5, 5.41) is 0. The van der Waals surface area contributed by atoms with E-state index in [9.17, 15) is 14.4 Å². The number of anilines is 1. The molecule has 6 heteroatoms. The number of allylic oxidation sites excluding steroid dienone is 1. The molecule has 0 aromatic heterocycles. The molecule has 0 saturated carbocycles. The molecule has 0 bridgehead atoms. The molecule has 3 aliphatic heterocycles. The predicted molar refractivity (Wildman–Crippen MR) is 126 cm³/mol. The number of aryl methyl sites for hydroxylation is 1. The van der Waals surface area contributed by atoms with Crippen LogP contribution in [0.2, 0.25) is 0 Å². The van der Waals surface area contributed by atoms with E-state index in [4.69, 9.17) is 4.74 Å². The van der Waals surface area contributed by atoms with E-state index >= 15 is 0 Å². The number of hydrogen-bond donors (Lipinski definition) is 0.